The smallest absolute Gasteiger partial charge is 0.323 e. The van der Waals surface area contributed by atoms with Gasteiger partial charge in [0.05, 0.1) is 6.61 Å². The Balaban J connectivity index is 2.77. The van der Waals surface area contributed by atoms with Crippen LogP contribution in [0, 0.1) is 0 Å². The van der Waals surface area contributed by atoms with Gasteiger partial charge in [0.1, 0.15) is 6.04 Å². The van der Waals surface area contributed by atoms with Gasteiger partial charge in [-0.15, -0.1) is 0 Å². The Hall–Kier alpha value is -0.870. The molecule has 0 aliphatic carbocycles. The molecule has 0 spiro atoms. The largest absolute Gasteiger partial charge is 0.465 e. The van der Waals surface area contributed by atoms with E-state index in [9.17, 15) is 4.79 Å². The molecule has 4 heteroatoms. The minimum Gasteiger partial charge on any atom is -0.465 e. The van der Waals surface area contributed by atoms with Crippen molar-refractivity contribution >= 4 is 21.9 Å². The Labute approximate surface area is 104 Å². The van der Waals surface area contributed by atoms with E-state index in [1.807, 2.05) is 31.2 Å². The van der Waals surface area contributed by atoms with Gasteiger partial charge >= 0.3 is 5.97 Å². The third kappa shape index (κ3) is 3.32. The molecule has 0 fully saturated rings. The van der Waals surface area contributed by atoms with E-state index in [0.717, 1.165) is 10.0 Å². The molecule has 2 atom stereocenters. The molecule has 2 N–H and O–H groups in total. The van der Waals surface area contributed by atoms with Crippen LogP contribution in [0.3, 0.4) is 0 Å². The monoisotopic (exact) mass is 285 g/mol. The highest BCUT2D eigenvalue weighted by Crippen LogP contribution is 2.22. The minimum absolute atomic E-state index is 0.0588. The second-order valence-electron chi connectivity index (χ2n) is 3.62. The molecule has 2 unspecified atom stereocenters. The number of nitrogens with two attached hydrogens (primary N) is 1. The number of benzene rings is 1. The lowest BCUT2D eigenvalue weighted by atomic mass is 9.94. The minimum atomic E-state index is -0.616. The molecule has 1 aromatic rings. The van der Waals surface area contributed by atoms with Gasteiger partial charge in [0.2, 0.25) is 0 Å². The zero-order valence-electron chi connectivity index (χ0n) is 9.44. The van der Waals surface area contributed by atoms with E-state index in [2.05, 4.69) is 15.9 Å². The number of hydrogen-bond donors (Lipinski definition) is 1. The zero-order valence-corrected chi connectivity index (χ0v) is 11.0. The van der Waals surface area contributed by atoms with Crippen LogP contribution in [0.4, 0.5) is 0 Å². The highest BCUT2D eigenvalue weighted by molar-refractivity contribution is 9.10. The Morgan fingerprint density at radius 1 is 1.56 bits per heavy atom. The fourth-order valence-electron chi connectivity index (χ4n) is 1.44. The average molecular weight is 286 g/mol. The van der Waals surface area contributed by atoms with Gasteiger partial charge in [-0.25, -0.2) is 0 Å². The summed E-state index contributed by atoms with van der Waals surface area (Å²) in [4.78, 5) is 11.5. The van der Waals surface area contributed by atoms with Crippen LogP contribution in [0.25, 0.3) is 0 Å². The lowest BCUT2D eigenvalue weighted by Gasteiger charge is -2.18. The molecule has 3 nitrogen and oxygen atoms in total. The molecular formula is C12H16BrNO2. The van der Waals surface area contributed by atoms with Crippen molar-refractivity contribution in [2.24, 2.45) is 5.73 Å². The van der Waals surface area contributed by atoms with Crippen molar-refractivity contribution in [1.29, 1.82) is 0 Å². The van der Waals surface area contributed by atoms with Gasteiger partial charge in [-0.2, -0.15) is 0 Å². The molecule has 1 aromatic carbocycles. The Morgan fingerprint density at radius 2 is 2.25 bits per heavy atom. The van der Waals surface area contributed by atoms with E-state index in [-0.39, 0.29) is 11.9 Å². The summed E-state index contributed by atoms with van der Waals surface area (Å²) < 4.78 is 5.88. The van der Waals surface area contributed by atoms with Crippen LogP contribution in [0.2, 0.25) is 0 Å². The van der Waals surface area contributed by atoms with E-state index in [1.165, 1.54) is 0 Å². The van der Waals surface area contributed by atoms with Crippen LogP contribution in [0.15, 0.2) is 28.7 Å². The molecule has 0 amide bonds. The van der Waals surface area contributed by atoms with E-state index < -0.39 is 6.04 Å². The van der Waals surface area contributed by atoms with Gasteiger partial charge in [0.25, 0.3) is 0 Å². The van der Waals surface area contributed by atoms with Gasteiger partial charge < -0.3 is 10.5 Å². The molecule has 0 aromatic heterocycles. The van der Waals surface area contributed by atoms with Crippen molar-refractivity contribution in [1.82, 2.24) is 0 Å². The summed E-state index contributed by atoms with van der Waals surface area (Å²) in [5, 5.41) is 0. The first-order valence-corrected chi connectivity index (χ1v) is 6.03. The quantitative estimate of drug-likeness (QED) is 0.865. The third-order valence-electron chi connectivity index (χ3n) is 2.47. The number of rotatable bonds is 4. The van der Waals surface area contributed by atoms with Crippen molar-refractivity contribution < 1.29 is 9.53 Å². The van der Waals surface area contributed by atoms with Crippen LogP contribution in [-0.2, 0) is 9.53 Å². The Bertz CT molecular complexity index is 368. The summed E-state index contributed by atoms with van der Waals surface area (Å²) in [6.07, 6.45) is 0. The molecular weight excluding hydrogens is 270 g/mol. The lowest BCUT2D eigenvalue weighted by molar-refractivity contribution is -0.145. The molecule has 16 heavy (non-hydrogen) atoms. The maximum Gasteiger partial charge on any atom is 0.323 e. The fourth-order valence-corrected chi connectivity index (χ4v) is 1.86. The van der Waals surface area contributed by atoms with E-state index >= 15 is 0 Å². The van der Waals surface area contributed by atoms with Gasteiger partial charge in [0, 0.05) is 10.4 Å². The van der Waals surface area contributed by atoms with Crippen LogP contribution in [0.1, 0.15) is 25.3 Å². The number of hydrogen-bond acceptors (Lipinski definition) is 3. The molecule has 0 radical (unpaired) electrons. The van der Waals surface area contributed by atoms with Crippen LogP contribution in [0.5, 0.6) is 0 Å². The molecule has 88 valence electrons. The zero-order chi connectivity index (χ0) is 12.1. The maximum atomic E-state index is 11.5. The first-order valence-electron chi connectivity index (χ1n) is 5.24. The predicted octanol–water partition coefficient (Wildman–Crippen LogP) is 2.44. The topological polar surface area (TPSA) is 52.3 Å². The predicted molar refractivity (Wildman–Crippen MR) is 67.2 cm³/mol. The summed E-state index contributed by atoms with van der Waals surface area (Å²) in [5.41, 5.74) is 6.86. The van der Waals surface area contributed by atoms with Gasteiger partial charge in [-0.1, -0.05) is 35.0 Å². The number of halogens is 1. The molecule has 0 saturated carbocycles. The second-order valence-corrected chi connectivity index (χ2v) is 4.54. The molecule has 1 rings (SSSR count). The van der Waals surface area contributed by atoms with Crippen molar-refractivity contribution in [3.63, 3.8) is 0 Å². The van der Waals surface area contributed by atoms with Crippen LogP contribution < -0.4 is 5.73 Å². The normalized spacial score (nSPS) is 14.2. The summed E-state index contributed by atoms with van der Waals surface area (Å²) >= 11 is 3.39. The van der Waals surface area contributed by atoms with Gasteiger partial charge in [-0.3, -0.25) is 4.79 Å². The average Bonchev–Trinajstić information content (AvgIpc) is 2.27. The highest BCUT2D eigenvalue weighted by atomic mass is 79.9. The number of carbonyl (C=O) groups excluding carboxylic acids is 1. The number of ether oxygens (including phenoxy) is 1. The molecule has 0 aliphatic rings. The summed E-state index contributed by atoms with van der Waals surface area (Å²) in [6.45, 7) is 4.05. The third-order valence-corrected chi connectivity index (χ3v) is 2.97. The van der Waals surface area contributed by atoms with Gasteiger partial charge in [0.15, 0.2) is 0 Å². The standard InChI is InChI=1S/C12H16BrNO2/c1-3-16-12(15)11(14)8(2)9-5-4-6-10(13)7-9/h4-8,11H,3,14H2,1-2H3. The lowest BCUT2D eigenvalue weighted by Crippen LogP contribution is -2.37. The molecule has 0 aliphatic heterocycles. The van der Waals surface area contributed by atoms with E-state index in [4.69, 9.17) is 10.5 Å². The van der Waals surface area contributed by atoms with Gasteiger partial charge in [-0.05, 0) is 24.6 Å². The Morgan fingerprint density at radius 3 is 2.81 bits per heavy atom. The SMILES string of the molecule is CCOC(=O)C(N)C(C)c1cccc(Br)c1. The van der Waals surface area contributed by atoms with E-state index in [0.29, 0.717) is 6.61 Å². The number of esters is 1. The highest BCUT2D eigenvalue weighted by Gasteiger charge is 2.23. The van der Waals surface area contributed by atoms with Crippen molar-refractivity contribution in [3.8, 4) is 0 Å². The second kappa shape index (κ2) is 6.01. The van der Waals surface area contributed by atoms with Crippen LogP contribution in [-0.4, -0.2) is 18.6 Å². The fraction of sp³-hybridized carbons (Fsp3) is 0.417. The molecule has 0 heterocycles. The van der Waals surface area contributed by atoms with Crippen molar-refractivity contribution in [2.75, 3.05) is 6.61 Å². The summed E-state index contributed by atoms with van der Waals surface area (Å²) in [5.74, 6) is -0.411. The maximum absolute atomic E-state index is 11.5. The molecule has 0 bridgehead atoms. The summed E-state index contributed by atoms with van der Waals surface area (Å²) in [7, 11) is 0. The van der Waals surface area contributed by atoms with Crippen molar-refractivity contribution in [2.45, 2.75) is 25.8 Å². The summed E-state index contributed by atoms with van der Waals surface area (Å²) in [6, 6.07) is 7.16. The van der Waals surface area contributed by atoms with Crippen LogP contribution >= 0.6 is 15.9 Å². The first-order chi connectivity index (χ1) is 7.56. The Kier molecular flexibility index (Phi) is 4.96. The van der Waals surface area contributed by atoms with Crippen molar-refractivity contribution in [3.05, 3.63) is 34.3 Å². The van der Waals surface area contributed by atoms with E-state index in [1.54, 1.807) is 6.92 Å². The first kappa shape index (κ1) is 13.2. The number of carbonyl (C=O) groups is 1. The molecule has 0 saturated heterocycles.